The third-order valence-electron chi connectivity index (χ3n) is 5.53. The summed E-state index contributed by atoms with van der Waals surface area (Å²) in [6.07, 6.45) is 0. The molecule has 24 heavy (non-hydrogen) atoms. The van der Waals surface area contributed by atoms with Gasteiger partial charge in [0.15, 0.2) is 6.61 Å². The van der Waals surface area contributed by atoms with E-state index < -0.39 is 0 Å². The summed E-state index contributed by atoms with van der Waals surface area (Å²) in [5.41, 5.74) is 1.18. The van der Waals surface area contributed by atoms with Gasteiger partial charge in [0.25, 0.3) is 0 Å². The molecule has 4 aliphatic heterocycles. The van der Waals surface area contributed by atoms with Gasteiger partial charge in [-0.05, 0) is 28.1 Å². The number of nitrogens with one attached hydrogen (secondary N) is 2. The summed E-state index contributed by atoms with van der Waals surface area (Å²) in [4.78, 5) is 14.9. The van der Waals surface area contributed by atoms with Crippen molar-refractivity contribution >= 4 is 21.9 Å². The summed E-state index contributed by atoms with van der Waals surface area (Å²) in [5, 5.41) is 0. The Balaban J connectivity index is 1.56. The lowest BCUT2D eigenvalue weighted by atomic mass is 9.97. The fourth-order valence-electron chi connectivity index (χ4n) is 5.01. The lowest BCUT2D eigenvalue weighted by molar-refractivity contribution is -1.30. The van der Waals surface area contributed by atoms with Crippen molar-refractivity contribution in [2.45, 2.75) is 6.54 Å². The van der Waals surface area contributed by atoms with E-state index in [9.17, 15) is 4.79 Å². The molecule has 4 aliphatic rings. The van der Waals surface area contributed by atoms with Gasteiger partial charge in [0.05, 0.1) is 24.7 Å². The van der Waals surface area contributed by atoms with E-state index in [1.807, 2.05) is 6.07 Å². The minimum absolute atomic E-state index is 0.0521. The van der Waals surface area contributed by atoms with Crippen LogP contribution in [0.5, 0.6) is 5.75 Å². The van der Waals surface area contributed by atoms with Gasteiger partial charge in [0.1, 0.15) is 24.8 Å². The summed E-state index contributed by atoms with van der Waals surface area (Å²) in [7, 11) is 1.38. The number of methoxy groups -OCH3 is 1. The highest BCUT2D eigenvalue weighted by Crippen LogP contribution is 2.32. The normalized spacial score (nSPS) is 33.5. The molecule has 4 fully saturated rings. The minimum atomic E-state index is -0.355. The summed E-state index contributed by atoms with van der Waals surface area (Å²) < 4.78 is 12.5. The molecule has 0 radical (unpaired) electrons. The van der Waals surface area contributed by atoms with E-state index in [-0.39, 0.29) is 12.6 Å². The van der Waals surface area contributed by atoms with Crippen molar-refractivity contribution in [1.29, 1.82) is 0 Å². The monoisotopic (exact) mass is 398 g/mol. The number of ether oxygens (including phenoxy) is 2. The number of carbonyl (C=O) groups is 1. The molecule has 1 aromatic carbocycles. The number of rotatable bonds is 5. The van der Waals surface area contributed by atoms with Gasteiger partial charge in [-0.15, -0.1) is 0 Å². The van der Waals surface area contributed by atoms with Crippen LogP contribution in [-0.2, 0) is 16.1 Å². The first-order valence-electron chi connectivity index (χ1n) is 8.56. The Hall–Kier alpha value is -1.15. The zero-order chi connectivity index (χ0) is 16.7. The molecule has 2 N–H and O–H groups in total. The van der Waals surface area contributed by atoms with E-state index in [4.69, 9.17) is 9.47 Å². The lowest BCUT2D eigenvalue weighted by Gasteiger charge is -2.54. The van der Waals surface area contributed by atoms with Crippen LogP contribution in [0.3, 0.4) is 0 Å². The fraction of sp³-hybridized carbons (Fsp3) is 0.588. The maximum absolute atomic E-state index is 11.4. The average Bonchev–Trinajstić information content (AvgIpc) is 2.52. The Morgan fingerprint density at radius 2 is 2.08 bits per heavy atom. The number of hydrogen-bond donors (Lipinski definition) is 2. The van der Waals surface area contributed by atoms with Crippen molar-refractivity contribution in [1.82, 2.24) is 0 Å². The number of hydrogen-bond acceptors (Lipinski definition) is 3. The quantitative estimate of drug-likeness (QED) is 0.474. The van der Waals surface area contributed by atoms with Gasteiger partial charge in [-0.2, -0.15) is 0 Å². The Labute approximate surface area is 150 Å². The third-order valence-corrected chi connectivity index (χ3v) is 6.16. The number of carbonyl (C=O) groups excluding carboxylic acids is 1. The topological polar surface area (TPSA) is 44.4 Å². The van der Waals surface area contributed by atoms with Gasteiger partial charge >= 0.3 is 5.97 Å². The van der Waals surface area contributed by atoms with E-state index >= 15 is 0 Å². The van der Waals surface area contributed by atoms with Crippen molar-refractivity contribution < 1.29 is 28.6 Å². The van der Waals surface area contributed by atoms with E-state index in [0.29, 0.717) is 0 Å². The fourth-order valence-corrected chi connectivity index (χ4v) is 5.53. The zero-order valence-corrected chi connectivity index (χ0v) is 15.6. The Kier molecular flexibility index (Phi) is 4.28. The molecule has 2 atom stereocenters. The Morgan fingerprint density at radius 1 is 1.33 bits per heavy atom. The van der Waals surface area contributed by atoms with Crippen LogP contribution in [0.15, 0.2) is 22.7 Å². The van der Waals surface area contributed by atoms with Crippen LogP contribution in [0.25, 0.3) is 0 Å². The molecule has 0 spiro atoms. The first-order valence-corrected chi connectivity index (χ1v) is 9.35. The Morgan fingerprint density at radius 3 is 2.75 bits per heavy atom. The van der Waals surface area contributed by atoms with Crippen LogP contribution >= 0.6 is 15.9 Å². The maximum atomic E-state index is 11.4. The van der Waals surface area contributed by atoms with Crippen molar-refractivity contribution in [3.05, 3.63) is 28.2 Å². The van der Waals surface area contributed by atoms with Gasteiger partial charge in [-0.1, -0.05) is 6.07 Å². The van der Waals surface area contributed by atoms with Gasteiger partial charge in [0, 0.05) is 5.56 Å². The molecule has 0 saturated carbocycles. The number of nitrogens with zero attached hydrogens (tertiary/aromatic N) is 1. The van der Waals surface area contributed by atoms with E-state index in [2.05, 4.69) is 28.1 Å². The first-order chi connectivity index (χ1) is 11.6. The standard InChI is InChI=1S/C17H23BrN3O3/c1-23-16(22)9-24-17-14(3-2-4-15(17)18)8-21-7-13-5-19(11-21)10-20(6-13)12-21/h2-4,13H,5-12H2,1H3/q+1/p+2. The maximum Gasteiger partial charge on any atom is 0.343 e. The molecule has 0 aromatic heterocycles. The molecule has 0 aliphatic carbocycles. The minimum Gasteiger partial charge on any atom is -0.480 e. The molecule has 5 rings (SSSR count). The molecule has 6 nitrogen and oxygen atoms in total. The van der Waals surface area contributed by atoms with Crippen LogP contribution in [0.1, 0.15) is 5.56 Å². The summed E-state index contributed by atoms with van der Waals surface area (Å²) in [6, 6.07) is 6.14. The molecule has 7 heteroatoms. The van der Waals surface area contributed by atoms with Crippen molar-refractivity contribution in [3.8, 4) is 5.75 Å². The molecule has 2 unspecified atom stereocenters. The summed E-state index contributed by atoms with van der Waals surface area (Å²) in [6.45, 7) is 8.58. The predicted octanol–water partition coefficient (Wildman–Crippen LogP) is -1.38. The highest BCUT2D eigenvalue weighted by molar-refractivity contribution is 9.10. The van der Waals surface area contributed by atoms with Gasteiger partial charge in [-0.3, -0.25) is 0 Å². The number of esters is 1. The van der Waals surface area contributed by atoms with Crippen LogP contribution in [0.2, 0.25) is 0 Å². The number of quaternary nitrogens is 3. The van der Waals surface area contributed by atoms with Gasteiger partial charge < -0.3 is 9.47 Å². The second kappa shape index (κ2) is 6.29. The van der Waals surface area contributed by atoms with Crippen LogP contribution in [0.4, 0.5) is 0 Å². The molecular weight excluding hydrogens is 374 g/mol. The molecule has 4 heterocycles. The van der Waals surface area contributed by atoms with Crippen molar-refractivity contribution in [3.63, 3.8) is 0 Å². The average molecular weight is 399 g/mol. The molecular formula is C17H25BrN3O3+3. The van der Waals surface area contributed by atoms with Crippen LogP contribution in [-0.4, -0.2) is 63.8 Å². The van der Waals surface area contributed by atoms with E-state index in [0.717, 1.165) is 27.2 Å². The third kappa shape index (κ3) is 3.06. The number of para-hydroxylation sites is 1. The molecule has 4 saturated heterocycles. The highest BCUT2D eigenvalue weighted by Gasteiger charge is 2.55. The summed E-state index contributed by atoms with van der Waals surface area (Å²) in [5.74, 6) is 1.27. The molecule has 4 bridgehead atoms. The van der Waals surface area contributed by atoms with Gasteiger partial charge in [-0.25, -0.2) is 19.1 Å². The Bertz CT molecular complexity index is 617. The number of benzene rings is 1. The molecule has 0 amide bonds. The van der Waals surface area contributed by atoms with Crippen LogP contribution in [0, 0.1) is 5.92 Å². The van der Waals surface area contributed by atoms with Crippen molar-refractivity contribution in [2.75, 3.05) is 53.4 Å². The number of halogens is 1. The molecule has 130 valence electrons. The zero-order valence-electron chi connectivity index (χ0n) is 14.0. The highest BCUT2D eigenvalue weighted by atomic mass is 79.9. The lowest BCUT2D eigenvalue weighted by Crippen LogP contribution is -3.41. The van der Waals surface area contributed by atoms with Gasteiger partial charge in [0.2, 0.25) is 20.0 Å². The SMILES string of the molecule is COC(=O)COc1c(Br)cccc1C[N+]12CC3C[NH+](C[NH+](C3)C1)C2. The first kappa shape index (κ1) is 16.3. The summed E-state index contributed by atoms with van der Waals surface area (Å²) >= 11 is 3.58. The van der Waals surface area contributed by atoms with E-state index in [1.54, 1.807) is 9.80 Å². The predicted molar refractivity (Wildman–Crippen MR) is 90.2 cm³/mol. The molecule has 1 aromatic rings. The second-order valence-corrected chi connectivity index (χ2v) is 8.40. The largest absolute Gasteiger partial charge is 0.480 e. The smallest absolute Gasteiger partial charge is 0.343 e. The van der Waals surface area contributed by atoms with E-state index in [1.165, 1.54) is 52.3 Å². The second-order valence-electron chi connectivity index (χ2n) is 7.54. The van der Waals surface area contributed by atoms with Crippen LogP contribution < -0.4 is 14.5 Å². The van der Waals surface area contributed by atoms with Crippen molar-refractivity contribution in [2.24, 2.45) is 5.92 Å².